The van der Waals surface area contributed by atoms with Crippen molar-refractivity contribution < 1.29 is 14.4 Å². The molecule has 0 N–H and O–H groups in total. The molecule has 0 spiro atoms. The molecule has 1 aliphatic carbocycles. The van der Waals surface area contributed by atoms with Crippen LogP contribution in [0.2, 0.25) is 0 Å². The number of rotatable bonds is 5. The van der Waals surface area contributed by atoms with Gasteiger partial charge in [0.15, 0.2) is 0 Å². The first-order valence-electron chi connectivity index (χ1n) is 11.4. The van der Waals surface area contributed by atoms with E-state index in [-0.39, 0.29) is 23.8 Å². The monoisotopic (exact) mass is 406 g/mol. The van der Waals surface area contributed by atoms with Gasteiger partial charge in [-0.05, 0) is 24.7 Å². The summed E-state index contributed by atoms with van der Waals surface area (Å²) in [7, 11) is 0. The van der Waals surface area contributed by atoms with E-state index in [1.165, 1.54) is 12.8 Å². The minimum atomic E-state index is -0.0660. The van der Waals surface area contributed by atoms with Crippen LogP contribution < -0.4 is 0 Å². The molecule has 0 bridgehead atoms. The Morgan fingerprint density at radius 2 is 1.31 bits per heavy atom. The van der Waals surface area contributed by atoms with Crippen LogP contribution in [0.4, 0.5) is 0 Å². The van der Waals surface area contributed by atoms with Crippen LogP contribution in [0.3, 0.4) is 0 Å². The second-order valence-electron chi connectivity index (χ2n) is 9.34. The molecule has 2 heterocycles. The molecule has 0 aromatic carbocycles. The van der Waals surface area contributed by atoms with Gasteiger partial charge >= 0.3 is 0 Å². The fourth-order valence-electron chi connectivity index (χ4n) is 5.09. The maximum absolute atomic E-state index is 13.5. The van der Waals surface area contributed by atoms with Crippen molar-refractivity contribution in [2.75, 3.05) is 52.4 Å². The highest BCUT2D eigenvalue weighted by Gasteiger charge is 2.40. The number of piperazine rings is 2. The van der Waals surface area contributed by atoms with Crippen molar-refractivity contribution in [1.29, 1.82) is 0 Å². The average molecular weight is 407 g/mol. The predicted molar refractivity (Wildman–Crippen MR) is 112 cm³/mol. The Bertz CT molecular complexity index is 587. The number of amides is 3. The summed E-state index contributed by atoms with van der Waals surface area (Å²) in [5.74, 6) is 1.37. The summed E-state index contributed by atoms with van der Waals surface area (Å²) in [5, 5.41) is 0. The van der Waals surface area contributed by atoms with Crippen molar-refractivity contribution in [3.05, 3.63) is 0 Å². The van der Waals surface area contributed by atoms with E-state index in [1.54, 1.807) is 6.92 Å². The van der Waals surface area contributed by atoms with Gasteiger partial charge in [0, 0.05) is 65.7 Å². The van der Waals surface area contributed by atoms with E-state index in [0.717, 1.165) is 39.0 Å². The van der Waals surface area contributed by atoms with Gasteiger partial charge in [0.05, 0.1) is 6.04 Å². The summed E-state index contributed by atoms with van der Waals surface area (Å²) in [6.45, 7) is 11.3. The zero-order chi connectivity index (χ0) is 21.0. The van der Waals surface area contributed by atoms with Crippen molar-refractivity contribution in [3.63, 3.8) is 0 Å². The van der Waals surface area contributed by atoms with E-state index < -0.39 is 0 Å². The SMILES string of the molecule is CC(=O)N1CCN(C(=O)C(C2CCCC2)N2CCN(C(=O)CC(C)C)CC2)CC1. The number of carbonyl (C=O) groups is 3. The van der Waals surface area contributed by atoms with Crippen LogP contribution >= 0.6 is 0 Å². The van der Waals surface area contributed by atoms with Crippen molar-refractivity contribution in [1.82, 2.24) is 19.6 Å². The third-order valence-electron chi connectivity index (χ3n) is 6.78. The van der Waals surface area contributed by atoms with Crippen LogP contribution in [0.15, 0.2) is 0 Å². The lowest BCUT2D eigenvalue weighted by Gasteiger charge is -2.44. The van der Waals surface area contributed by atoms with Crippen LogP contribution in [0.5, 0.6) is 0 Å². The molecule has 0 aromatic rings. The van der Waals surface area contributed by atoms with Gasteiger partial charge < -0.3 is 14.7 Å². The molecule has 3 fully saturated rings. The standard InChI is InChI=1S/C22H38N4O3/c1-17(2)16-20(28)24-10-12-25(13-11-24)21(19-6-4-5-7-19)22(29)26-14-8-23(9-15-26)18(3)27/h17,19,21H,4-16H2,1-3H3. The highest BCUT2D eigenvalue weighted by molar-refractivity contribution is 5.83. The summed E-state index contributed by atoms with van der Waals surface area (Å²) in [5.41, 5.74) is 0. The maximum Gasteiger partial charge on any atom is 0.240 e. The topological polar surface area (TPSA) is 64.2 Å². The molecule has 29 heavy (non-hydrogen) atoms. The first-order chi connectivity index (χ1) is 13.9. The quantitative estimate of drug-likeness (QED) is 0.693. The summed E-state index contributed by atoms with van der Waals surface area (Å²) in [4.78, 5) is 45.6. The molecular weight excluding hydrogens is 368 g/mol. The Kier molecular flexibility index (Phi) is 7.55. The molecule has 2 saturated heterocycles. The number of nitrogens with zero attached hydrogens (tertiary/aromatic N) is 4. The van der Waals surface area contributed by atoms with Crippen LogP contribution in [-0.4, -0.2) is 95.7 Å². The van der Waals surface area contributed by atoms with Crippen LogP contribution in [0, 0.1) is 11.8 Å². The van der Waals surface area contributed by atoms with E-state index in [2.05, 4.69) is 18.7 Å². The number of carbonyl (C=O) groups excluding carboxylic acids is 3. The Morgan fingerprint density at radius 1 is 0.793 bits per heavy atom. The number of hydrogen-bond donors (Lipinski definition) is 0. The van der Waals surface area contributed by atoms with Gasteiger partial charge in [-0.25, -0.2) is 0 Å². The Balaban J connectivity index is 1.62. The van der Waals surface area contributed by atoms with Gasteiger partial charge in [0.25, 0.3) is 0 Å². The van der Waals surface area contributed by atoms with Gasteiger partial charge in [-0.15, -0.1) is 0 Å². The second-order valence-corrected chi connectivity index (χ2v) is 9.34. The van der Waals surface area contributed by atoms with E-state index in [4.69, 9.17) is 0 Å². The third-order valence-corrected chi connectivity index (χ3v) is 6.78. The van der Waals surface area contributed by atoms with Gasteiger partial charge in [0.1, 0.15) is 0 Å². The van der Waals surface area contributed by atoms with Gasteiger partial charge in [0.2, 0.25) is 17.7 Å². The molecule has 0 radical (unpaired) electrons. The lowest BCUT2D eigenvalue weighted by molar-refractivity contribution is -0.145. The van der Waals surface area contributed by atoms with Crippen molar-refractivity contribution in [3.8, 4) is 0 Å². The van der Waals surface area contributed by atoms with Crippen LogP contribution in [-0.2, 0) is 14.4 Å². The lowest BCUT2D eigenvalue weighted by Crippen LogP contribution is -2.60. The van der Waals surface area contributed by atoms with Crippen molar-refractivity contribution in [2.45, 2.75) is 58.9 Å². The lowest BCUT2D eigenvalue weighted by atomic mass is 9.94. The Labute approximate surface area is 175 Å². The third kappa shape index (κ3) is 5.50. The molecule has 7 nitrogen and oxygen atoms in total. The summed E-state index contributed by atoms with van der Waals surface area (Å²) < 4.78 is 0. The van der Waals surface area contributed by atoms with Gasteiger partial charge in [-0.1, -0.05) is 26.7 Å². The highest BCUT2D eigenvalue weighted by atomic mass is 16.2. The minimum absolute atomic E-state index is 0.0660. The molecule has 3 amide bonds. The van der Waals surface area contributed by atoms with Gasteiger partial charge in [-0.3, -0.25) is 19.3 Å². The minimum Gasteiger partial charge on any atom is -0.340 e. The molecule has 3 aliphatic rings. The first kappa shape index (κ1) is 22.1. The Morgan fingerprint density at radius 3 is 1.83 bits per heavy atom. The van der Waals surface area contributed by atoms with Crippen LogP contribution in [0.25, 0.3) is 0 Å². The predicted octanol–water partition coefficient (Wildman–Crippen LogP) is 1.43. The van der Waals surface area contributed by atoms with E-state index in [9.17, 15) is 14.4 Å². The summed E-state index contributed by atoms with van der Waals surface area (Å²) >= 11 is 0. The highest BCUT2D eigenvalue weighted by Crippen LogP contribution is 2.32. The zero-order valence-electron chi connectivity index (χ0n) is 18.4. The van der Waals surface area contributed by atoms with Crippen molar-refractivity contribution >= 4 is 17.7 Å². The molecular formula is C22H38N4O3. The molecule has 3 rings (SSSR count). The molecule has 1 unspecified atom stereocenters. The Hall–Kier alpha value is -1.63. The zero-order valence-corrected chi connectivity index (χ0v) is 18.4. The second kappa shape index (κ2) is 9.92. The summed E-state index contributed by atoms with van der Waals surface area (Å²) in [6, 6.07) is -0.0660. The van der Waals surface area contributed by atoms with E-state index in [0.29, 0.717) is 44.4 Å². The molecule has 7 heteroatoms. The largest absolute Gasteiger partial charge is 0.340 e. The normalized spacial score (nSPS) is 23.0. The molecule has 2 aliphatic heterocycles. The molecule has 164 valence electrons. The summed E-state index contributed by atoms with van der Waals surface area (Å²) in [6.07, 6.45) is 5.26. The number of hydrogen-bond acceptors (Lipinski definition) is 4. The van der Waals surface area contributed by atoms with E-state index >= 15 is 0 Å². The van der Waals surface area contributed by atoms with Crippen molar-refractivity contribution in [2.24, 2.45) is 11.8 Å². The fraction of sp³-hybridized carbons (Fsp3) is 0.864. The van der Waals surface area contributed by atoms with Crippen LogP contribution in [0.1, 0.15) is 52.9 Å². The molecule has 1 atom stereocenters. The first-order valence-corrected chi connectivity index (χ1v) is 11.4. The molecule has 0 aromatic heterocycles. The molecule has 1 saturated carbocycles. The fourth-order valence-corrected chi connectivity index (χ4v) is 5.09. The smallest absolute Gasteiger partial charge is 0.240 e. The van der Waals surface area contributed by atoms with E-state index in [1.807, 2.05) is 14.7 Å². The average Bonchev–Trinajstić information content (AvgIpc) is 3.22. The van der Waals surface area contributed by atoms with Gasteiger partial charge in [-0.2, -0.15) is 0 Å². The maximum atomic E-state index is 13.5.